The van der Waals surface area contributed by atoms with Gasteiger partial charge in [0.1, 0.15) is 0 Å². The zero-order valence-electron chi connectivity index (χ0n) is 8.82. The van der Waals surface area contributed by atoms with Gasteiger partial charge in [0.2, 0.25) is 11.8 Å². The molecule has 0 spiro atoms. The standard InChI is InChI=1S/C11H10Cl2N2O2/c12-7-2-8(13)4-9(3-7)15-5-6(11(14)17)1-10(15)16/h2-4,6H,1,5H2,(H2,14,17)/t6-/m0/s1. The van der Waals surface area contributed by atoms with Gasteiger partial charge in [0.05, 0.1) is 5.92 Å². The molecule has 0 aromatic heterocycles. The molecule has 0 unspecified atom stereocenters. The van der Waals surface area contributed by atoms with E-state index >= 15 is 0 Å². The van der Waals surface area contributed by atoms with Crippen molar-refractivity contribution >= 4 is 40.7 Å². The summed E-state index contributed by atoms with van der Waals surface area (Å²) in [4.78, 5) is 24.3. The van der Waals surface area contributed by atoms with Crippen LogP contribution in [0.5, 0.6) is 0 Å². The molecule has 6 heteroatoms. The molecule has 2 rings (SSSR count). The summed E-state index contributed by atoms with van der Waals surface area (Å²) in [5, 5.41) is 0.894. The minimum absolute atomic E-state index is 0.138. The van der Waals surface area contributed by atoms with E-state index in [1.54, 1.807) is 18.2 Å². The Labute approximate surface area is 108 Å². The molecule has 0 saturated carbocycles. The predicted octanol–water partition coefficient (Wildman–Crippen LogP) is 1.83. The van der Waals surface area contributed by atoms with Gasteiger partial charge in [-0.3, -0.25) is 9.59 Å². The lowest BCUT2D eigenvalue weighted by Crippen LogP contribution is -2.28. The second kappa shape index (κ2) is 4.55. The van der Waals surface area contributed by atoms with Gasteiger partial charge in [-0.15, -0.1) is 0 Å². The van der Waals surface area contributed by atoms with Crippen molar-refractivity contribution in [3.63, 3.8) is 0 Å². The highest BCUT2D eigenvalue weighted by atomic mass is 35.5. The highest BCUT2D eigenvalue weighted by Crippen LogP contribution is 2.30. The van der Waals surface area contributed by atoms with Crippen LogP contribution in [-0.2, 0) is 9.59 Å². The first-order valence-electron chi connectivity index (χ1n) is 5.03. The Morgan fingerprint density at radius 2 is 1.88 bits per heavy atom. The van der Waals surface area contributed by atoms with Crippen LogP contribution in [0, 0.1) is 5.92 Å². The normalized spacial score (nSPS) is 19.8. The van der Waals surface area contributed by atoms with Crippen molar-refractivity contribution in [3.05, 3.63) is 28.2 Å². The fourth-order valence-electron chi connectivity index (χ4n) is 1.84. The minimum atomic E-state index is -0.464. The first-order valence-corrected chi connectivity index (χ1v) is 5.79. The summed E-state index contributed by atoms with van der Waals surface area (Å²) in [7, 11) is 0. The smallest absolute Gasteiger partial charge is 0.227 e. The molecular weight excluding hydrogens is 263 g/mol. The third-order valence-corrected chi connectivity index (χ3v) is 3.12. The first-order chi connectivity index (χ1) is 7.97. The summed E-state index contributed by atoms with van der Waals surface area (Å²) in [5.74, 6) is -1.05. The SMILES string of the molecule is NC(=O)[C@H]1CC(=O)N(c2cc(Cl)cc(Cl)c2)C1. The number of rotatable bonds is 2. The number of benzene rings is 1. The van der Waals surface area contributed by atoms with Gasteiger partial charge in [-0.1, -0.05) is 23.2 Å². The highest BCUT2D eigenvalue weighted by Gasteiger charge is 2.34. The lowest BCUT2D eigenvalue weighted by atomic mass is 10.1. The summed E-state index contributed by atoms with van der Waals surface area (Å²) >= 11 is 11.7. The summed E-state index contributed by atoms with van der Waals surface area (Å²) in [5.41, 5.74) is 5.78. The average molecular weight is 273 g/mol. The Kier molecular flexibility index (Phi) is 3.26. The van der Waals surface area contributed by atoms with E-state index in [0.717, 1.165) is 0 Å². The van der Waals surface area contributed by atoms with E-state index in [4.69, 9.17) is 28.9 Å². The zero-order chi connectivity index (χ0) is 12.6. The van der Waals surface area contributed by atoms with E-state index in [0.29, 0.717) is 15.7 Å². The molecule has 0 bridgehead atoms. The Morgan fingerprint density at radius 3 is 2.35 bits per heavy atom. The number of nitrogens with zero attached hydrogens (tertiary/aromatic N) is 1. The second-order valence-electron chi connectivity index (χ2n) is 3.94. The molecule has 1 aliphatic rings. The van der Waals surface area contributed by atoms with Crippen molar-refractivity contribution in [2.45, 2.75) is 6.42 Å². The molecule has 4 nitrogen and oxygen atoms in total. The first kappa shape index (κ1) is 12.2. The molecule has 1 aliphatic heterocycles. The predicted molar refractivity (Wildman–Crippen MR) is 66.1 cm³/mol. The van der Waals surface area contributed by atoms with Gasteiger partial charge in [-0.05, 0) is 18.2 Å². The molecule has 2 amide bonds. The number of amides is 2. The van der Waals surface area contributed by atoms with E-state index in [2.05, 4.69) is 0 Å². The maximum absolute atomic E-state index is 11.7. The van der Waals surface area contributed by atoms with Gasteiger partial charge >= 0.3 is 0 Å². The fraction of sp³-hybridized carbons (Fsp3) is 0.273. The zero-order valence-corrected chi connectivity index (χ0v) is 10.3. The highest BCUT2D eigenvalue weighted by molar-refractivity contribution is 6.35. The number of hydrogen-bond donors (Lipinski definition) is 1. The van der Waals surface area contributed by atoms with Crippen molar-refractivity contribution in [1.29, 1.82) is 0 Å². The Bertz CT molecular complexity index is 470. The Hall–Kier alpha value is -1.26. The quantitative estimate of drug-likeness (QED) is 0.893. The molecule has 1 aromatic carbocycles. The number of halogens is 2. The van der Waals surface area contributed by atoms with Gasteiger partial charge in [-0.2, -0.15) is 0 Å². The maximum atomic E-state index is 11.7. The van der Waals surface area contributed by atoms with Crippen LogP contribution >= 0.6 is 23.2 Å². The summed E-state index contributed by atoms with van der Waals surface area (Å²) in [6.07, 6.45) is 0.138. The molecule has 1 saturated heterocycles. The average Bonchev–Trinajstić information content (AvgIpc) is 2.59. The Balaban J connectivity index is 2.28. The fourth-order valence-corrected chi connectivity index (χ4v) is 2.36. The van der Waals surface area contributed by atoms with Crippen LogP contribution in [0.2, 0.25) is 10.0 Å². The second-order valence-corrected chi connectivity index (χ2v) is 4.81. The Morgan fingerprint density at radius 1 is 1.29 bits per heavy atom. The molecule has 1 heterocycles. The lowest BCUT2D eigenvalue weighted by Gasteiger charge is -2.16. The van der Waals surface area contributed by atoms with Crippen LogP contribution in [0.3, 0.4) is 0 Å². The molecule has 2 N–H and O–H groups in total. The van der Waals surface area contributed by atoms with Gasteiger partial charge < -0.3 is 10.6 Å². The monoisotopic (exact) mass is 272 g/mol. The largest absolute Gasteiger partial charge is 0.369 e. The van der Waals surface area contributed by atoms with Crippen molar-refractivity contribution in [3.8, 4) is 0 Å². The summed E-state index contributed by atoms with van der Waals surface area (Å²) in [6, 6.07) is 4.85. The third kappa shape index (κ3) is 2.53. The molecule has 17 heavy (non-hydrogen) atoms. The van der Waals surface area contributed by atoms with E-state index in [-0.39, 0.29) is 18.9 Å². The van der Waals surface area contributed by atoms with Crippen LogP contribution in [-0.4, -0.2) is 18.4 Å². The van der Waals surface area contributed by atoms with Gasteiger partial charge in [-0.25, -0.2) is 0 Å². The van der Waals surface area contributed by atoms with Gasteiger partial charge in [0, 0.05) is 28.7 Å². The number of hydrogen-bond acceptors (Lipinski definition) is 2. The van der Waals surface area contributed by atoms with Gasteiger partial charge in [0.25, 0.3) is 0 Å². The number of carbonyl (C=O) groups excluding carboxylic acids is 2. The summed E-state index contributed by atoms with van der Waals surface area (Å²) in [6.45, 7) is 0.283. The minimum Gasteiger partial charge on any atom is -0.369 e. The van der Waals surface area contributed by atoms with Crippen LogP contribution in [0.1, 0.15) is 6.42 Å². The third-order valence-electron chi connectivity index (χ3n) is 2.69. The van der Waals surface area contributed by atoms with Crippen LogP contribution in [0.15, 0.2) is 18.2 Å². The van der Waals surface area contributed by atoms with Crippen molar-refractivity contribution in [2.75, 3.05) is 11.4 Å². The molecule has 0 aliphatic carbocycles. The number of anilines is 1. The molecule has 1 aromatic rings. The van der Waals surface area contributed by atoms with E-state index in [1.807, 2.05) is 0 Å². The molecule has 1 atom stereocenters. The van der Waals surface area contributed by atoms with Crippen molar-refractivity contribution in [1.82, 2.24) is 0 Å². The number of nitrogens with two attached hydrogens (primary N) is 1. The van der Waals surface area contributed by atoms with Crippen molar-refractivity contribution in [2.24, 2.45) is 11.7 Å². The van der Waals surface area contributed by atoms with E-state index in [1.165, 1.54) is 4.90 Å². The van der Waals surface area contributed by atoms with Crippen LogP contribution in [0.4, 0.5) is 5.69 Å². The number of carbonyl (C=O) groups is 2. The van der Waals surface area contributed by atoms with E-state index in [9.17, 15) is 9.59 Å². The van der Waals surface area contributed by atoms with E-state index < -0.39 is 11.8 Å². The lowest BCUT2D eigenvalue weighted by molar-refractivity contribution is -0.123. The molecular formula is C11H10Cl2N2O2. The van der Waals surface area contributed by atoms with Crippen molar-refractivity contribution < 1.29 is 9.59 Å². The van der Waals surface area contributed by atoms with Crippen LogP contribution < -0.4 is 10.6 Å². The molecule has 0 radical (unpaired) electrons. The number of primary amides is 1. The summed E-state index contributed by atoms with van der Waals surface area (Å²) < 4.78 is 0. The van der Waals surface area contributed by atoms with Crippen LogP contribution in [0.25, 0.3) is 0 Å². The maximum Gasteiger partial charge on any atom is 0.227 e. The topological polar surface area (TPSA) is 63.4 Å². The molecule has 90 valence electrons. The van der Waals surface area contributed by atoms with Gasteiger partial charge in [0.15, 0.2) is 0 Å². The molecule has 1 fully saturated rings.